The highest BCUT2D eigenvalue weighted by molar-refractivity contribution is 5.94. The van der Waals surface area contributed by atoms with Crippen molar-refractivity contribution in [3.63, 3.8) is 0 Å². The average molecular weight is 299 g/mol. The third-order valence-corrected chi connectivity index (χ3v) is 3.60. The molecule has 0 saturated carbocycles. The van der Waals surface area contributed by atoms with Crippen molar-refractivity contribution in [2.75, 3.05) is 5.32 Å². The molecule has 1 atom stereocenters. The fourth-order valence-electron chi connectivity index (χ4n) is 2.65. The Balaban J connectivity index is 2.00. The molecule has 1 aliphatic heterocycles. The monoisotopic (exact) mass is 299 g/mol. The van der Waals surface area contributed by atoms with Gasteiger partial charge in [-0.2, -0.15) is 0 Å². The van der Waals surface area contributed by atoms with Crippen LogP contribution in [-0.4, -0.2) is 15.5 Å². The van der Waals surface area contributed by atoms with Crippen molar-refractivity contribution in [3.05, 3.63) is 59.7 Å². The number of rotatable bonds is 1. The Morgan fingerprint density at radius 3 is 2.77 bits per heavy atom. The summed E-state index contributed by atoms with van der Waals surface area (Å²) < 4.78 is 29.4. The summed E-state index contributed by atoms with van der Waals surface area (Å²) in [6.45, 7) is 0. The lowest BCUT2D eigenvalue weighted by Crippen LogP contribution is -2.31. The normalized spacial score (nSPS) is 17.0. The van der Waals surface area contributed by atoms with Crippen LogP contribution >= 0.6 is 0 Å². The van der Waals surface area contributed by atoms with Gasteiger partial charge in [-0.3, -0.25) is 9.88 Å². The number of hydrogen-bond donors (Lipinski definition) is 2. The number of aromatic nitrogens is 2. The maximum Gasteiger partial charge on any atom is 0.212 e. The highest BCUT2D eigenvalue weighted by atomic mass is 19.2. The summed E-state index contributed by atoms with van der Waals surface area (Å²) >= 11 is 0. The van der Waals surface area contributed by atoms with Gasteiger partial charge in [-0.15, -0.1) is 0 Å². The van der Waals surface area contributed by atoms with E-state index in [1.807, 2.05) is 24.3 Å². The second kappa shape index (κ2) is 4.52. The number of aliphatic imine (C=N–C) groups is 1. The molecule has 0 spiro atoms. The van der Waals surface area contributed by atoms with E-state index < -0.39 is 17.8 Å². The predicted molar refractivity (Wildman–Crippen MR) is 79.5 cm³/mol. The smallest absolute Gasteiger partial charge is 0.212 e. The third kappa shape index (κ3) is 1.75. The van der Waals surface area contributed by atoms with E-state index >= 15 is 0 Å². The van der Waals surface area contributed by atoms with Gasteiger partial charge < -0.3 is 5.73 Å². The van der Waals surface area contributed by atoms with Crippen molar-refractivity contribution < 1.29 is 8.78 Å². The van der Waals surface area contributed by atoms with Crippen molar-refractivity contribution in [2.24, 2.45) is 10.7 Å². The van der Waals surface area contributed by atoms with Crippen LogP contribution < -0.4 is 11.1 Å². The van der Waals surface area contributed by atoms with Crippen molar-refractivity contribution >= 4 is 22.9 Å². The zero-order valence-corrected chi connectivity index (χ0v) is 11.3. The Kier molecular flexibility index (Phi) is 2.62. The second-order valence-corrected chi connectivity index (χ2v) is 4.95. The molecule has 22 heavy (non-hydrogen) atoms. The lowest BCUT2D eigenvalue weighted by Gasteiger charge is -2.24. The van der Waals surface area contributed by atoms with Crippen molar-refractivity contribution in [2.45, 2.75) is 6.17 Å². The number of hydrogen-bond acceptors (Lipinski definition) is 4. The molecule has 4 rings (SSSR count). The molecule has 1 unspecified atom stereocenters. The summed E-state index contributed by atoms with van der Waals surface area (Å²) in [5.41, 5.74) is 7.34. The first-order valence-electron chi connectivity index (χ1n) is 6.66. The minimum absolute atomic E-state index is 0.105. The number of para-hydroxylation sites is 2. The van der Waals surface area contributed by atoms with Gasteiger partial charge in [-0.25, -0.2) is 18.8 Å². The van der Waals surface area contributed by atoms with Crippen molar-refractivity contribution in [1.29, 1.82) is 0 Å². The van der Waals surface area contributed by atoms with E-state index in [1.54, 1.807) is 4.57 Å². The first-order chi connectivity index (χ1) is 10.6. The fraction of sp³-hybridized carbons (Fsp3) is 0.0667. The first-order valence-corrected chi connectivity index (χ1v) is 6.66. The molecule has 0 fully saturated rings. The largest absolute Gasteiger partial charge is 0.370 e. The SMILES string of the molecule is NC1=NC(c2cccc(F)c2F)n2c(nc3ccccc32)N1. The Bertz CT molecular complexity index is 915. The molecule has 7 heteroatoms. The maximum absolute atomic E-state index is 14.2. The van der Waals surface area contributed by atoms with Crippen molar-refractivity contribution in [3.8, 4) is 0 Å². The molecule has 1 aliphatic rings. The number of fused-ring (bicyclic) bond motifs is 3. The van der Waals surface area contributed by atoms with E-state index in [-0.39, 0.29) is 11.5 Å². The highest BCUT2D eigenvalue weighted by Crippen LogP contribution is 2.33. The van der Waals surface area contributed by atoms with Crippen LogP contribution in [0, 0.1) is 11.6 Å². The Morgan fingerprint density at radius 2 is 1.91 bits per heavy atom. The molecule has 0 aliphatic carbocycles. The average Bonchev–Trinajstić information content (AvgIpc) is 2.87. The van der Waals surface area contributed by atoms with Crippen LogP contribution in [0.3, 0.4) is 0 Å². The van der Waals surface area contributed by atoms with Gasteiger partial charge in [0.1, 0.15) is 0 Å². The lowest BCUT2D eigenvalue weighted by molar-refractivity contribution is 0.479. The maximum atomic E-state index is 14.2. The van der Waals surface area contributed by atoms with Crippen LogP contribution in [0.5, 0.6) is 0 Å². The molecule has 3 aromatic rings. The minimum Gasteiger partial charge on any atom is -0.370 e. The molecule has 0 amide bonds. The molecule has 0 bridgehead atoms. The zero-order chi connectivity index (χ0) is 15.3. The summed E-state index contributed by atoms with van der Waals surface area (Å²) in [7, 11) is 0. The standard InChI is InChI=1S/C15H11F2N5/c16-9-5-3-4-8(12(9)17)13-20-14(18)21-15-19-10-6-1-2-7-11(10)22(13)15/h1-7,13H,(H3,18,19,20,21). The highest BCUT2D eigenvalue weighted by Gasteiger charge is 2.27. The van der Waals surface area contributed by atoms with Gasteiger partial charge >= 0.3 is 0 Å². The minimum atomic E-state index is -0.935. The fourth-order valence-corrected chi connectivity index (χ4v) is 2.65. The van der Waals surface area contributed by atoms with Crippen LogP contribution in [0.4, 0.5) is 14.7 Å². The summed E-state index contributed by atoms with van der Waals surface area (Å²) in [6, 6.07) is 11.4. The molecule has 5 nitrogen and oxygen atoms in total. The van der Waals surface area contributed by atoms with Gasteiger partial charge in [0.15, 0.2) is 23.8 Å². The molecule has 110 valence electrons. The van der Waals surface area contributed by atoms with Gasteiger partial charge in [0.05, 0.1) is 11.0 Å². The van der Waals surface area contributed by atoms with Gasteiger partial charge in [-0.1, -0.05) is 24.3 Å². The molecule has 3 N–H and O–H groups in total. The van der Waals surface area contributed by atoms with Crippen LogP contribution in [0.2, 0.25) is 0 Å². The van der Waals surface area contributed by atoms with E-state index in [0.717, 1.165) is 17.1 Å². The van der Waals surface area contributed by atoms with Crippen LogP contribution in [-0.2, 0) is 0 Å². The Morgan fingerprint density at radius 1 is 1.09 bits per heavy atom. The number of nitrogens with zero attached hydrogens (tertiary/aromatic N) is 3. The Labute approximate surface area is 124 Å². The van der Waals surface area contributed by atoms with E-state index in [2.05, 4.69) is 15.3 Å². The summed E-state index contributed by atoms with van der Waals surface area (Å²) in [5.74, 6) is -1.30. The third-order valence-electron chi connectivity index (χ3n) is 3.60. The number of benzene rings is 2. The number of anilines is 1. The topological polar surface area (TPSA) is 68.2 Å². The van der Waals surface area contributed by atoms with Crippen molar-refractivity contribution in [1.82, 2.24) is 9.55 Å². The molecule has 2 heterocycles. The molecule has 2 aromatic carbocycles. The lowest BCUT2D eigenvalue weighted by atomic mass is 10.1. The van der Waals surface area contributed by atoms with Crippen LogP contribution in [0.15, 0.2) is 47.5 Å². The van der Waals surface area contributed by atoms with Gasteiger partial charge in [0.2, 0.25) is 5.95 Å². The Hall–Kier alpha value is -2.96. The number of imidazole rings is 1. The van der Waals surface area contributed by atoms with Crippen LogP contribution in [0.25, 0.3) is 11.0 Å². The number of nitrogens with one attached hydrogen (secondary N) is 1. The molecular formula is C15H11F2N5. The van der Waals surface area contributed by atoms with E-state index in [4.69, 9.17) is 5.73 Å². The molecule has 0 radical (unpaired) electrons. The van der Waals surface area contributed by atoms with Gasteiger partial charge in [0.25, 0.3) is 0 Å². The van der Waals surface area contributed by atoms with Gasteiger partial charge in [0, 0.05) is 5.56 Å². The summed E-state index contributed by atoms with van der Waals surface area (Å²) in [6.07, 6.45) is -0.806. The summed E-state index contributed by atoms with van der Waals surface area (Å²) in [5, 5.41) is 2.85. The zero-order valence-electron chi connectivity index (χ0n) is 11.3. The first kappa shape index (κ1) is 12.8. The molecular weight excluding hydrogens is 288 g/mol. The number of halogens is 2. The second-order valence-electron chi connectivity index (χ2n) is 4.95. The number of nitrogens with two attached hydrogens (primary N) is 1. The number of guanidine groups is 1. The quantitative estimate of drug-likeness (QED) is 0.725. The van der Waals surface area contributed by atoms with E-state index in [0.29, 0.717) is 5.95 Å². The van der Waals surface area contributed by atoms with Gasteiger partial charge in [-0.05, 0) is 18.2 Å². The van der Waals surface area contributed by atoms with E-state index in [9.17, 15) is 8.78 Å². The molecule has 0 saturated heterocycles. The summed E-state index contributed by atoms with van der Waals surface area (Å²) in [4.78, 5) is 8.62. The predicted octanol–water partition coefficient (Wildman–Crippen LogP) is 2.60. The van der Waals surface area contributed by atoms with Crippen LogP contribution in [0.1, 0.15) is 11.7 Å². The van der Waals surface area contributed by atoms with E-state index in [1.165, 1.54) is 12.1 Å². The molecule has 1 aromatic heterocycles.